The van der Waals surface area contributed by atoms with Crippen LogP contribution in [0.3, 0.4) is 0 Å². The summed E-state index contributed by atoms with van der Waals surface area (Å²) < 4.78 is 11.1. The number of H-pyrrole nitrogens is 1. The standard InChI is InChI=1S/C14H21N3O3/c1-9-6-17(7-10(2)20-9)14(18)12-5-15-16-13(12)11-3-4-19-8-11/h5,9-11H,3-4,6-8H2,1-2H3,(H,15,16)/t9-,10+,11-/m0/s1. The number of carbonyl (C=O) groups excluding carboxylic acids is 1. The fraction of sp³-hybridized carbons (Fsp3) is 0.714. The molecule has 2 aliphatic heterocycles. The van der Waals surface area contributed by atoms with Gasteiger partial charge in [-0.3, -0.25) is 9.89 Å². The molecule has 6 nitrogen and oxygen atoms in total. The number of ether oxygens (including phenoxy) is 2. The third kappa shape index (κ3) is 2.58. The van der Waals surface area contributed by atoms with Gasteiger partial charge < -0.3 is 14.4 Å². The molecule has 1 amide bonds. The lowest BCUT2D eigenvalue weighted by Crippen LogP contribution is -2.48. The molecule has 3 rings (SSSR count). The molecule has 20 heavy (non-hydrogen) atoms. The average molecular weight is 279 g/mol. The molecule has 1 N–H and O–H groups in total. The number of hydrogen-bond donors (Lipinski definition) is 1. The molecule has 110 valence electrons. The minimum atomic E-state index is 0.0441. The maximum absolute atomic E-state index is 12.7. The number of hydrogen-bond acceptors (Lipinski definition) is 4. The van der Waals surface area contributed by atoms with E-state index in [1.54, 1.807) is 6.20 Å². The SMILES string of the molecule is C[C@@H]1CN(C(=O)c2cn[nH]c2[C@H]2CCOC2)C[C@H](C)O1. The Labute approximate surface area is 118 Å². The Balaban J connectivity index is 1.78. The van der Waals surface area contributed by atoms with Crippen LogP contribution in [0.2, 0.25) is 0 Å². The normalized spacial score (nSPS) is 30.7. The molecule has 1 aromatic heterocycles. The summed E-state index contributed by atoms with van der Waals surface area (Å²) in [4.78, 5) is 14.6. The van der Waals surface area contributed by atoms with E-state index in [9.17, 15) is 4.79 Å². The van der Waals surface area contributed by atoms with Crippen LogP contribution in [0.15, 0.2) is 6.20 Å². The zero-order chi connectivity index (χ0) is 14.1. The zero-order valence-corrected chi connectivity index (χ0v) is 12.0. The average Bonchev–Trinajstić information content (AvgIpc) is 3.07. The fourth-order valence-corrected chi connectivity index (χ4v) is 3.05. The molecule has 0 aromatic carbocycles. The molecule has 0 bridgehead atoms. The first-order chi connectivity index (χ1) is 9.65. The highest BCUT2D eigenvalue weighted by atomic mass is 16.5. The van der Waals surface area contributed by atoms with Crippen molar-refractivity contribution in [1.29, 1.82) is 0 Å². The van der Waals surface area contributed by atoms with Crippen LogP contribution in [0.4, 0.5) is 0 Å². The summed E-state index contributed by atoms with van der Waals surface area (Å²) in [5.74, 6) is 0.301. The van der Waals surface area contributed by atoms with Crippen LogP contribution in [0.1, 0.15) is 42.2 Å². The van der Waals surface area contributed by atoms with Gasteiger partial charge in [0.05, 0.1) is 36.3 Å². The minimum absolute atomic E-state index is 0.0441. The van der Waals surface area contributed by atoms with Gasteiger partial charge in [0.15, 0.2) is 0 Å². The minimum Gasteiger partial charge on any atom is -0.381 e. The van der Waals surface area contributed by atoms with Gasteiger partial charge in [-0.15, -0.1) is 0 Å². The molecular weight excluding hydrogens is 258 g/mol. The van der Waals surface area contributed by atoms with E-state index in [1.165, 1.54) is 0 Å². The van der Waals surface area contributed by atoms with Crippen molar-refractivity contribution >= 4 is 5.91 Å². The lowest BCUT2D eigenvalue weighted by Gasteiger charge is -2.35. The first-order valence-electron chi connectivity index (χ1n) is 7.21. The van der Waals surface area contributed by atoms with Crippen LogP contribution in [-0.4, -0.2) is 59.5 Å². The molecule has 2 fully saturated rings. The van der Waals surface area contributed by atoms with Gasteiger partial charge in [-0.25, -0.2) is 0 Å². The molecule has 2 aliphatic rings. The largest absolute Gasteiger partial charge is 0.381 e. The maximum atomic E-state index is 12.7. The smallest absolute Gasteiger partial charge is 0.257 e. The number of morpholine rings is 1. The van der Waals surface area contributed by atoms with Crippen LogP contribution in [0.5, 0.6) is 0 Å². The van der Waals surface area contributed by atoms with Gasteiger partial charge in [0, 0.05) is 25.6 Å². The Hall–Kier alpha value is -1.40. The van der Waals surface area contributed by atoms with Gasteiger partial charge in [-0.2, -0.15) is 5.10 Å². The molecule has 2 saturated heterocycles. The van der Waals surface area contributed by atoms with Gasteiger partial charge in [-0.1, -0.05) is 0 Å². The summed E-state index contributed by atoms with van der Waals surface area (Å²) in [5.41, 5.74) is 1.60. The first-order valence-corrected chi connectivity index (χ1v) is 7.21. The summed E-state index contributed by atoms with van der Waals surface area (Å²) in [6.07, 6.45) is 2.74. The van der Waals surface area contributed by atoms with Crippen LogP contribution in [-0.2, 0) is 9.47 Å². The zero-order valence-electron chi connectivity index (χ0n) is 12.0. The quantitative estimate of drug-likeness (QED) is 0.882. The van der Waals surface area contributed by atoms with Crippen molar-refractivity contribution < 1.29 is 14.3 Å². The molecule has 0 spiro atoms. The molecular formula is C14H21N3O3. The maximum Gasteiger partial charge on any atom is 0.257 e. The van der Waals surface area contributed by atoms with E-state index in [4.69, 9.17) is 9.47 Å². The highest BCUT2D eigenvalue weighted by molar-refractivity contribution is 5.95. The topological polar surface area (TPSA) is 67.5 Å². The van der Waals surface area contributed by atoms with Gasteiger partial charge >= 0.3 is 0 Å². The van der Waals surface area contributed by atoms with Gasteiger partial charge in [0.2, 0.25) is 0 Å². The molecule has 0 radical (unpaired) electrons. The summed E-state index contributed by atoms with van der Waals surface area (Å²) in [5, 5.41) is 7.04. The van der Waals surface area contributed by atoms with Crippen molar-refractivity contribution in [2.24, 2.45) is 0 Å². The predicted molar refractivity (Wildman–Crippen MR) is 72.7 cm³/mol. The second kappa shape index (κ2) is 5.54. The summed E-state index contributed by atoms with van der Waals surface area (Å²) in [6, 6.07) is 0. The molecule has 0 saturated carbocycles. The highest BCUT2D eigenvalue weighted by Gasteiger charge is 2.31. The van der Waals surface area contributed by atoms with Gasteiger partial charge in [0.1, 0.15) is 0 Å². The Morgan fingerprint density at radius 1 is 1.40 bits per heavy atom. The Bertz CT molecular complexity index is 472. The predicted octanol–water partition coefficient (Wildman–Crippen LogP) is 1.16. The first kappa shape index (κ1) is 13.6. The Morgan fingerprint density at radius 3 is 2.80 bits per heavy atom. The van der Waals surface area contributed by atoms with E-state index < -0.39 is 0 Å². The van der Waals surface area contributed by atoms with Crippen LogP contribution < -0.4 is 0 Å². The van der Waals surface area contributed by atoms with Crippen molar-refractivity contribution in [2.75, 3.05) is 26.3 Å². The van der Waals surface area contributed by atoms with E-state index in [-0.39, 0.29) is 24.0 Å². The van der Waals surface area contributed by atoms with Crippen molar-refractivity contribution in [2.45, 2.75) is 38.4 Å². The molecule has 6 heteroatoms. The summed E-state index contributed by atoms with van der Waals surface area (Å²) >= 11 is 0. The number of nitrogens with zero attached hydrogens (tertiary/aromatic N) is 2. The van der Waals surface area contributed by atoms with Gasteiger partial charge in [0.25, 0.3) is 5.91 Å². The van der Waals surface area contributed by atoms with Gasteiger partial charge in [-0.05, 0) is 20.3 Å². The third-order valence-electron chi connectivity index (χ3n) is 3.94. The Kier molecular flexibility index (Phi) is 3.76. The monoisotopic (exact) mass is 279 g/mol. The summed E-state index contributed by atoms with van der Waals surface area (Å²) in [7, 11) is 0. The van der Waals surface area contributed by atoms with E-state index >= 15 is 0 Å². The number of amides is 1. The van der Waals surface area contributed by atoms with E-state index in [2.05, 4.69) is 10.2 Å². The van der Waals surface area contributed by atoms with E-state index in [0.717, 1.165) is 18.7 Å². The number of rotatable bonds is 2. The van der Waals surface area contributed by atoms with Crippen molar-refractivity contribution in [3.05, 3.63) is 17.5 Å². The highest BCUT2D eigenvalue weighted by Crippen LogP contribution is 2.27. The number of aromatic amines is 1. The fourth-order valence-electron chi connectivity index (χ4n) is 3.05. The molecule has 0 aliphatic carbocycles. The van der Waals surface area contributed by atoms with Crippen molar-refractivity contribution in [3.63, 3.8) is 0 Å². The lowest BCUT2D eigenvalue weighted by atomic mass is 10.0. The van der Waals surface area contributed by atoms with Crippen LogP contribution in [0.25, 0.3) is 0 Å². The van der Waals surface area contributed by atoms with Crippen molar-refractivity contribution in [3.8, 4) is 0 Å². The Morgan fingerprint density at radius 2 is 2.15 bits per heavy atom. The van der Waals surface area contributed by atoms with Crippen LogP contribution in [0, 0.1) is 0 Å². The van der Waals surface area contributed by atoms with E-state index in [0.29, 0.717) is 25.3 Å². The second-order valence-corrected chi connectivity index (χ2v) is 5.73. The molecule has 1 aromatic rings. The summed E-state index contributed by atoms with van der Waals surface area (Å²) in [6.45, 7) is 6.68. The van der Waals surface area contributed by atoms with E-state index in [1.807, 2.05) is 18.7 Å². The second-order valence-electron chi connectivity index (χ2n) is 5.73. The molecule has 3 heterocycles. The number of nitrogens with one attached hydrogen (secondary N) is 1. The number of aromatic nitrogens is 2. The number of carbonyl (C=O) groups is 1. The molecule has 0 unspecified atom stereocenters. The lowest BCUT2D eigenvalue weighted by molar-refractivity contribution is -0.0586. The van der Waals surface area contributed by atoms with Crippen LogP contribution >= 0.6 is 0 Å². The third-order valence-corrected chi connectivity index (χ3v) is 3.94. The molecule has 3 atom stereocenters. The van der Waals surface area contributed by atoms with Crippen molar-refractivity contribution in [1.82, 2.24) is 15.1 Å².